The zero-order valence-corrected chi connectivity index (χ0v) is 9.18. The normalized spacial score (nSPS) is 9.64. The van der Waals surface area contributed by atoms with Crippen molar-refractivity contribution in [2.45, 2.75) is 4.90 Å². The molecule has 0 aliphatic heterocycles. The van der Waals surface area contributed by atoms with Crippen LogP contribution in [-0.2, 0) is 4.74 Å². The number of benzene rings is 1. The van der Waals surface area contributed by atoms with Crippen molar-refractivity contribution in [1.29, 1.82) is 0 Å². The maximum atomic E-state index is 11.3. The van der Waals surface area contributed by atoms with Crippen LogP contribution in [0.2, 0.25) is 0 Å². The Hall–Kier alpha value is -1.16. The number of rotatable bonds is 3. The van der Waals surface area contributed by atoms with Crippen molar-refractivity contribution in [3.63, 3.8) is 0 Å². The van der Waals surface area contributed by atoms with Gasteiger partial charge in [0.25, 0.3) is 0 Å². The highest BCUT2D eigenvalue weighted by molar-refractivity contribution is 7.98. The smallest absolute Gasteiger partial charge is 0.338 e. The zero-order valence-electron chi connectivity index (χ0n) is 8.37. The highest BCUT2D eigenvalue weighted by Crippen LogP contribution is 2.25. The van der Waals surface area contributed by atoms with Crippen molar-refractivity contribution in [1.82, 2.24) is 0 Å². The van der Waals surface area contributed by atoms with E-state index in [0.29, 0.717) is 5.56 Å². The van der Waals surface area contributed by atoms with Gasteiger partial charge >= 0.3 is 5.97 Å². The summed E-state index contributed by atoms with van der Waals surface area (Å²) < 4.78 is 9.72. The van der Waals surface area contributed by atoms with Gasteiger partial charge in [0.05, 0.1) is 19.8 Å². The predicted molar refractivity (Wildman–Crippen MR) is 56.1 cm³/mol. The lowest BCUT2D eigenvalue weighted by Gasteiger charge is -2.07. The van der Waals surface area contributed by atoms with E-state index in [2.05, 4.69) is 4.74 Å². The third kappa shape index (κ3) is 2.20. The number of esters is 1. The maximum Gasteiger partial charge on any atom is 0.338 e. The molecule has 76 valence electrons. The van der Waals surface area contributed by atoms with E-state index in [-0.39, 0.29) is 5.97 Å². The molecule has 1 aromatic carbocycles. The van der Waals surface area contributed by atoms with Crippen LogP contribution in [0, 0.1) is 0 Å². The van der Waals surface area contributed by atoms with Crippen LogP contribution in [0.4, 0.5) is 0 Å². The van der Waals surface area contributed by atoms with Crippen molar-refractivity contribution in [3.05, 3.63) is 23.8 Å². The number of methoxy groups -OCH3 is 2. The fraction of sp³-hybridized carbons (Fsp3) is 0.300. The second-order valence-electron chi connectivity index (χ2n) is 2.56. The van der Waals surface area contributed by atoms with Crippen molar-refractivity contribution < 1.29 is 14.3 Å². The number of hydrogen-bond donors (Lipinski definition) is 0. The molecule has 0 unspecified atom stereocenters. The summed E-state index contributed by atoms with van der Waals surface area (Å²) in [5.74, 6) is 0.416. The van der Waals surface area contributed by atoms with Crippen LogP contribution in [0.5, 0.6) is 5.75 Å². The number of ether oxygens (including phenoxy) is 2. The van der Waals surface area contributed by atoms with Crippen LogP contribution in [0.15, 0.2) is 23.1 Å². The van der Waals surface area contributed by atoms with Gasteiger partial charge in [0.2, 0.25) is 0 Å². The molecule has 1 aromatic rings. The average molecular weight is 212 g/mol. The van der Waals surface area contributed by atoms with Gasteiger partial charge < -0.3 is 9.47 Å². The molecule has 4 heteroatoms. The Morgan fingerprint density at radius 2 is 2.07 bits per heavy atom. The van der Waals surface area contributed by atoms with Gasteiger partial charge in [-0.1, -0.05) is 0 Å². The fourth-order valence-electron chi connectivity index (χ4n) is 1.08. The molecule has 0 spiro atoms. The Bertz CT molecular complexity index is 336. The maximum absolute atomic E-state index is 11.3. The highest BCUT2D eigenvalue weighted by atomic mass is 32.2. The van der Waals surface area contributed by atoms with E-state index < -0.39 is 0 Å². The second-order valence-corrected chi connectivity index (χ2v) is 3.41. The summed E-state index contributed by atoms with van der Waals surface area (Å²) in [6.07, 6.45) is 1.90. The molecule has 0 fully saturated rings. The van der Waals surface area contributed by atoms with Gasteiger partial charge in [-0.05, 0) is 24.5 Å². The van der Waals surface area contributed by atoms with E-state index in [1.54, 1.807) is 19.2 Å². The number of hydrogen-bond acceptors (Lipinski definition) is 4. The molecule has 0 radical (unpaired) electrons. The average Bonchev–Trinajstić information content (AvgIpc) is 2.27. The van der Waals surface area contributed by atoms with Gasteiger partial charge in [-0.25, -0.2) is 4.79 Å². The van der Waals surface area contributed by atoms with Crippen LogP contribution in [0.1, 0.15) is 10.4 Å². The first-order valence-corrected chi connectivity index (χ1v) is 5.25. The SMILES string of the molecule is COC(=O)c1ccc(OC)cc1SC. The number of thioether (sulfide) groups is 1. The molecular formula is C10H12O3S. The van der Waals surface area contributed by atoms with Crippen LogP contribution in [-0.4, -0.2) is 26.4 Å². The van der Waals surface area contributed by atoms with E-state index in [0.717, 1.165) is 10.6 Å². The molecule has 0 saturated carbocycles. The Balaban J connectivity index is 3.11. The molecule has 0 amide bonds. The van der Waals surface area contributed by atoms with Gasteiger partial charge in [0.15, 0.2) is 0 Å². The molecule has 14 heavy (non-hydrogen) atoms. The summed E-state index contributed by atoms with van der Waals surface area (Å²) >= 11 is 1.49. The molecule has 3 nitrogen and oxygen atoms in total. The van der Waals surface area contributed by atoms with Gasteiger partial charge in [-0.15, -0.1) is 11.8 Å². The fourth-order valence-corrected chi connectivity index (χ4v) is 1.68. The lowest BCUT2D eigenvalue weighted by Crippen LogP contribution is -2.03. The Morgan fingerprint density at radius 1 is 1.36 bits per heavy atom. The van der Waals surface area contributed by atoms with Crippen molar-refractivity contribution in [3.8, 4) is 5.75 Å². The van der Waals surface area contributed by atoms with Crippen molar-refractivity contribution >= 4 is 17.7 Å². The minimum absolute atomic E-state index is 0.322. The summed E-state index contributed by atoms with van der Waals surface area (Å²) in [5.41, 5.74) is 0.570. The summed E-state index contributed by atoms with van der Waals surface area (Å²) in [6, 6.07) is 5.26. The minimum atomic E-state index is -0.322. The van der Waals surface area contributed by atoms with Gasteiger partial charge in [-0.2, -0.15) is 0 Å². The molecule has 0 heterocycles. The van der Waals surface area contributed by atoms with E-state index in [4.69, 9.17) is 4.74 Å². The first kappa shape index (κ1) is 10.9. The van der Waals surface area contributed by atoms with E-state index in [1.807, 2.05) is 12.3 Å². The Labute approximate surface area is 87.4 Å². The molecule has 0 aliphatic carbocycles. The first-order chi connectivity index (χ1) is 6.72. The monoisotopic (exact) mass is 212 g/mol. The standard InChI is InChI=1S/C10H12O3S/c1-12-7-4-5-8(10(11)13-2)9(6-7)14-3/h4-6H,1-3H3. The quantitative estimate of drug-likeness (QED) is 0.568. The predicted octanol–water partition coefficient (Wildman–Crippen LogP) is 2.20. The summed E-state index contributed by atoms with van der Waals surface area (Å²) in [7, 11) is 2.97. The summed E-state index contributed by atoms with van der Waals surface area (Å²) in [4.78, 5) is 12.2. The highest BCUT2D eigenvalue weighted by Gasteiger charge is 2.11. The molecule has 0 bridgehead atoms. The van der Waals surface area contributed by atoms with E-state index in [1.165, 1.54) is 18.9 Å². The number of carbonyl (C=O) groups excluding carboxylic acids is 1. The van der Waals surface area contributed by atoms with Crippen molar-refractivity contribution in [2.75, 3.05) is 20.5 Å². The molecule has 0 aromatic heterocycles. The lowest BCUT2D eigenvalue weighted by molar-refractivity contribution is 0.0597. The van der Waals surface area contributed by atoms with Crippen LogP contribution in [0.25, 0.3) is 0 Å². The van der Waals surface area contributed by atoms with Gasteiger partial charge in [-0.3, -0.25) is 0 Å². The minimum Gasteiger partial charge on any atom is -0.497 e. The Morgan fingerprint density at radius 3 is 2.57 bits per heavy atom. The van der Waals surface area contributed by atoms with Crippen LogP contribution >= 0.6 is 11.8 Å². The largest absolute Gasteiger partial charge is 0.497 e. The Kier molecular flexibility index (Phi) is 3.83. The molecule has 0 aliphatic rings. The molecule has 1 rings (SSSR count). The first-order valence-electron chi connectivity index (χ1n) is 4.03. The van der Waals surface area contributed by atoms with E-state index in [9.17, 15) is 4.79 Å². The van der Waals surface area contributed by atoms with E-state index >= 15 is 0 Å². The molecule has 0 saturated heterocycles. The molecular weight excluding hydrogens is 200 g/mol. The zero-order chi connectivity index (χ0) is 10.6. The second kappa shape index (κ2) is 4.91. The van der Waals surface area contributed by atoms with Crippen molar-refractivity contribution in [2.24, 2.45) is 0 Å². The van der Waals surface area contributed by atoms with Crippen LogP contribution in [0.3, 0.4) is 0 Å². The molecule has 0 atom stereocenters. The lowest BCUT2D eigenvalue weighted by atomic mass is 10.2. The number of carbonyl (C=O) groups is 1. The third-order valence-electron chi connectivity index (χ3n) is 1.81. The summed E-state index contributed by atoms with van der Waals surface area (Å²) in [6.45, 7) is 0. The van der Waals surface area contributed by atoms with Crippen LogP contribution < -0.4 is 4.74 Å². The third-order valence-corrected chi connectivity index (χ3v) is 2.59. The molecule has 0 N–H and O–H groups in total. The summed E-state index contributed by atoms with van der Waals surface area (Å²) in [5, 5.41) is 0. The van der Waals surface area contributed by atoms with Gasteiger partial charge in [0, 0.05) is 4.90 Å². The van der Waals surface area contributed by atoms with Gasteiger partial charge in [0.1, 0.15) is 5.75 Å². The topological polar surface area (TPSA) is 35.5 Å².